The first-order chi connectivity index (χ1) is 7.09. The lowest BCUT2D eigenvalue weighted by Gasteiger charge is -2.47. The molecule has 2 rings (SSSR count). The monoisotopic (exact) mass is 212 g/mol. The van der Waals surface area contributed by atoms with Gasteiger partial charge in [-0.25, -0.2) is 0 Å². The Morgan fingerprint density at radius 1 is 1.27 bits per heavy atom. The van der Waals surface area contributed by atoms with E-state index in [0.29, 0.717) is 30.3 Å². The van der Waals surface area contributed by atoms with E-state index in [4.69, 9.17) is 4.74 Å². The van der Waals surface area contributed by atoms with E-state index >= 15 is 0 Å². The summed E-state index contributed by atoms with van der Waals surface area (Å²) < 4.78 is 5.62. The molecule has 0 radical (unpaired) electrons. The van der Waals surface area contributed by atoms with E-state index in [-0.39, 0.29) is 0 Å². The summed E-state index contributed by atoms with van der Waals surface area (Å²) in [6.45, 7) is 11.1. The maximum atomic E-state index is 5.62. The molecule has 15 heavy (non-hydrogen) atoms. The van der Waals surface area contributed by atoms with Gasteiger partial charge in [0.05, 0.1) is 12.3 Å². The van der Waals surface area contributed by atoms with E-state index in [0.717, 1.165) is 13.2 Å². The van der Waals surface area contributed by atoms with Crippen molar-refractivity contribution in [1.82, 2.24) is 10.2 Å². The topological polar surface area (TPSA) is 24.5 Å². The Labute approximate surface area is 93.2 Å². The predicted molar refractivity (Wildman–Crippen MR) is 61.7 cm³/mol. The van der Waals surface area contributed by atoms with Gasteiger partial charge in [0.2, 0.25) is 0 Å². The van der Waals surface area contributed by atoms with Gasteiger partial charge in [-0.2, -0.15) is 0 Å². The van der Waals surface area contributed by atoms with Crippen molar-refractivity contribution < 1.29 is 4.74 Å². The van der Waals surface area contributed by atoms with Gasteiger partial charge in [-0.15, -0.1) is 0 Å². The van der Waals surface area contributed by atoms with E-state index in [2.05, 4.69) is 37.9 Å². The summed E-state index contributed by atoms with van der Waals surface area (Å²) in [5.74, 6) is 0.698. The van der Waals surface area contributed by atoms with Crippen LogP contribution in [0.3, 0.4) is 0 Å². The fourth-order valence-corrected chi connectivity index (χ4v) is 2.51. The summed E-state index contributed by atoms with van der Waals surface area (Å²) in [7, 11) is 0. The zero-order chi connectivity index (χ0) is 11.0. The standard InChI is InChI=1S/C12H24N2O/c1-8(2)9(3)13-10(4)14-7-12-11(14)5-6-15-12/h8-13H,5-7H2,1-4H3/t9-,10?,11-,12-/m1/s1. The van der Waals surface area contributed by atoms with Crippen molar-refractivity contribution in [2.45, 2.75) is 58.5 Å². The Hall–Kier alpha value is -0.120. The number of hydrogen-bond acceptors (Lipinski definition) is 3. The summed E-state index contributed by atoms with van der Waals surface area (Å²) in [5.41, 5.74) is 0. The molecule has 0 spiro atoms. The molecule has 0 amide bonds. The van der Waals surface area contributed by atoms with Crippen LogP contribution in [0.2, 0.25) is 0 Å². The van der Waals surface area contributed by atoms with Gasteiger partial charge in [0.1, 0.15) is 0 Å². The lowest BCUT2D eigenvalue weighted by molar-refractivity contribution is -0.0688. The van der Waals surface area contributed by atoms with Gasteiger partial charge in [0.25, 0.3) is 0 Å². The first kappa shape index (κ1) is 11.4. The Morgan fingerprint density at radius 2 is 2.00 bits per heavy atom. The van der Waals surface area contributed by atoms with Crippen molar-refractivity contribution in [3.63, 3.8) is 0 Å². The molecule has 3 nitrogen and oxygen atoms in total. The number of ether oxygens (including phenoxy) is 1. The van der Waals surface area contributed by atoms with Gasteiger partial charge >= 0.3 is 0 Å². The number of rotatable bonds is 4. The summed E-state index contributed by atoms with van der Waals surface area (Å²) in [6, 6.07) is 1.27. The first-order valence-electron chi connectivity index (χ1n) is 6.23. The van der Waals surface area contributed by atoms with E-state index in [9.17, 15) is 0 Å². The highest BCUT2D eigenvalue weighted by atomic mass is 16.5. The maximum absolute atomic E-state index is 5.62. The number of likely N-dealkylation sites (tertiary alicyclic amines) is 1. The number of nitrogens with one attached hydrogen (secondary N) is 1. The zero-order valence-corrected chi connectivity index (χ0v) is 10.4. The van der Waals surface area contributed by atoms with Crippen LogP contribution in [0.25, 0.3) is 0 Å². The molecule has 88 valence electrons. The third-order valence-electron chi connectivity index (χ3n) is 3.99. The molecule has 0 aromatic rings. The number of nitrogens with zero attached hydrogens (tertiary/aromatic N) is 1. The van der Waals surface area contributed by atoms with Crippen molar-refractivity contribution in [3.05, 3.63) is 0 Å². The number of hydrogen-bond donors (Lipinski definition) is 1. The van der Waals surface area contributed by atoms with Gasteiger partial charge in [-0.05, 0) is 26.2 Å². The highest BCUT2D eigenvalue weighted by Crippen LogP contribution is 2.31. The fourth-order valence-electron chi connectivity index (χ4n) is 2.51. The molecule has 4 atom stereocenters. The molecular weight excluding hydrogens is 188 g/mol. The summed E-state index contributed by atoms with van der Waals surface area (Å²) >= 11 is 0. The van der Waals surface area contributed by atoms with E-state index in [1.165, 1.54) is 6.42 Å². The third kappa shape index (κ3) is 2.19. The van der Waals surface area contributed by atoms with Gasteiger partial charge in [0.15, 0.2) is 0 Å². The normalized spacial score (nSPS) is 35.0. The quantitative estimate of drug-likeness (QED) is 0.763. The molecule has 0 bridgehead atoms. The minimum atomic E-state index is 0.491. The third-order valence-corrected chi connectivity index (χ3v) is 3.99. The van der Waals surface area contributed by atoms with Crippen LogP contribution in [0.1, 0.15) is 34.1 Å². The number of fused-ring (bicyclic) bond motifs is 1. The molecular formula is C12H24N2O. The second-order valence-corrected chi connectivity index (χ2v) is 5.34. The molecule has 0 aromatic carbocycles. The van der Waals surface area contributed by atoms with Crippen LogP contribution in [0.15, 0.2) is 0 Å². The molecule has 1 unspecified atom stereocenters. The van der Waals surface area contributed by atoms with Crippen LogP contribution in [-0.2, 0) is 4.74 Å². The first-order valence-corrected chi connectivity index (χ1v) is 6.23. The average Bonchev–Trinajstić information content (AvgIpc) is 2.47. The second-order valence-electron chi connectivity index (χ2n) is 5.34. The van der Waals surface area contributed by atoms with Gasteiger partial charge < -0.3 is 4.74 Å². The Bertz CT molecular complexity index is 220. The van der Waals surface area contributed by atoms with E-state index in [1.54, 1.807) is 0 Å². The SMILES string of the molecule is CC(C)[C@@H](C)NC(C)N1C[C@H]2OCC[C@H]21. The molecule has 2 fully saturated rings. The molecule has 2 saturated heterocycles. The van der Waals surface area contributed by atoms with Gasteiger partial charge in [0, 0.05) is 25.2 Å². The summed E-state index contributed by atoms with van der Waals surface area (Å²) in [4.78, 5) is 2.54. The van der Waals surface area contributed by atoms with Gasteiger partial charge in [-0.3, -0.25) is 10.2 Å². The van der Waals surface area contributed by atoms with Crippen LogP contribution in [-0.4, -0.2) is 42.4 Å². The lowest BCUT2D eigenvalue weighted by atomic mass is 9.97. The highest BCUT2D eigenvalue weighted by molar-refractivity contribution is 4.98. The van der Waals surface area contributed by atoms with Crippen molar-refractivity contribution >= 4 is 0 Å². The molecule has 2 aliphatic rings. The summed E-state index contributed by atoms with van der Waals surface area (Å²) in [5, 5.41) is 3.66. The second kappa shape index (κ2) is 4.40. The lowest BCUT2D eigenvalue weighted by Crippen LogP contribution is -2.65. The fraction of sp³-hybridized carbons (Fsp3) is 1.00. The van der Waals surface area contributed by atoms with Crippen molar-refractivity contribution in [3.8, 4) is 0 Å². The molecule has 0 aromatic heterocycles. The smallest absolute Gasteiger partial charge is 0.0858 e. The Morgan fingerprint density at radius 3 is 2.60 bits per heavy atom. The molecule has 0 aliphatic carbocycles. The predicted octanol–water partition coefficient (Wildman–Crippen LogP) is 1.44. The molecule has 2 aliphatic heterocycles. The van der Waals surface area contributed by atoms with E-state index in [1.807, 2.05) is 0 Å². The van der Waals surface area contributed by atoms with Gasteiger partial charge in [-0.1, -0.05) is 13.8 Å². The molecule has 2 heterocycles. The Balaban J connectivity index is 1.79. The zero-order valence-electron chi connectivity index (χ0n) is 10.4. The van der Waals surface area contributed by atoms with Crippen molar-refractivity contribution in [1.29, 1.82) is 0 Å². The van der Waals surface area contributed by atoms with Crippen LogP contribution >= 0.6 is 0 Å². The summed E-state index contributed by atoms with van der Waals surface area (Å²) in [6.07, 6.45) is 2.24. The Kier molecular flexibility index (Phi) is 3.33. The molecule has 1 N–H and O–H groups in total. The average molecular weight is 212 g/mol. The minimum Gasteiger partial charge on any atom is -0.375 e. The van der Waals surface area contributed by atoms with Crippen LogP contribution in [0, 0.1) is 5.92 Å². The van der Waals surface area contributed by atoms with Crippen LogP contribution < -0.4 is 5.32 Å². The molecule has 3 heteroatoms. The van der Waals surface area contributed by atoms with Crippen LogP contribution in [0.4, 0.5) is 0 Å². The van der Waals surface area contributed by atoms with Crippen LogP contribution in [0.5, 0.6) is 0 Å². The largest absolute Gasteiger partial charge is 0.375 e. The highest BCUT2D eigenvalue weighted by Gasteiger charge is 2.45. The molecule has 0 saturated carbocycles. The maximum Gasteiger partial charge on any atom is 0.0858 e. The minimum absolute atomic E-state index is 0.491. The van der Waals surface area contributed by atoms with Crippen molar-refractivity contribution in [2.75, 3.05) is 13.2 Å². The van der Waals surface area contributed by atoms with E-state index < -0.39 is 0 Å². The van der Waals surface area contributed by atoms with Crippen molar-refractivity contribution in [2.24, 2.45) is 5.92 Å².